The number of ether oxygens (including phenoxy) is 1. The van der Waals surface area contributed by atoms with Gasteiger partial charge in [0.15, 0.2) is 0 Å². The van der Waals surface area contributed by atoms with Crippen LogP contribution in [-0.2, 0) is 11.3 Å². The average molecular weight is 224 g/mol. The van der Waals surface area contributed by atoms with Crippen molar-refractivity contribution < 1.29 is 4.74 Å². The van der Waals surface area contributed by atoms with Crippen molar-refractivity contribution in [2.75, 3.05) is 25.2 Å². The summed E-state index contributed by atoms with van der Waals surface area (Å²) >= 11 is 0. The number of hydrogen-bond acceptors (Lipinski definition) is 5. The molecule has 0 aliphatic carbocycles. The molecule has 0 aliphatic heterocycles. The molecule has 0 amide bonds. The van der Waals surface area contributed by atoms with E-state index < -0.39 is 0 Å². The van der Waals surface area contributed by atoms with E-state index in [0.717, 1.165) is 18.1 Å². The summed E-state index contributed by atoms with van der Waals surface area (Å²) in [6.07, 6.45) is 3.48. The molecule has 1 aromatic heterocycles. The fourth-order valence-electron chi connectivity index (χ4n) is 1.63. The number of anilines is 1. The summed E-state index contributed by atoms with van der Waals surface area (Å²) in [5, 5.41) is 0. The van der Waals surface area contributed by atoms with Gasteiger partial charge in [-0.25, -0.2) is 4.98 Å². The Morgan fingerprint density at radius 1 is 1.44 bits per heavy atom. The summed E-state index contributed by atoms with van der Waals surface area (Å²) in [6.45, 7) is 6.17. The first-order valence-electron chi connectivity index (χ1n) is 5.49. The molecular formula is C11H20N4O. The van der Waals surface area contributed by atoms with Crippen molar-refractivity contribution in [1.82, 2.24) is 9.97 Å². The molecule has 0 bridgehead atoms. The molecular weight excluding hydrogens is 204 g/mol. The molecule has 0 radical (unpaired) electrons. The molecule has 1 unspecified atom stereocenters. The maximum absolute atomic E-state index is 5.48. The molecule has 0 saturated carbocycles. The highest BCUT2D eigenvalue weighted by Crippen LogP contribution is 2.12. The quantitative estimate of drug-likeness (QED) is 0.774. The lowest BCUT2D eigenvalue weighted by Gasteiger charge is -2.28. The Balaban J connectivity index is 2.78. The SMILES string of the molecule is CCN(c1cnc(CN)cn1)C(C)COC. The summed E-state index contributed by atoms with van der Waals surface area (Å²) in [6, 6.07) is 0.285. The summed E-state index contributed by atoms with van der Waals surface area (Å²) in [4.78, 5) is 10.7. The van der Waals surface area contributed by atoms with Crippen molar-refractivity contribution in [3.8, 4) is 0 Å². The van der Waals surface area contributed by atoms with Gasteiger partial charge in [0, 0.05) is 20.2 Å². The van der Waals surface area contributed by atoms with Gasteiger partial charge >= 0.3 is 0 Å². The first-order chi connectivity index (χ1) is 7.72. The predicted octanol–water partition coefficient (Wildman–Crippen LogP) is 0.796. The first-order valence-corrected chi connectivity index (χ1v) is 5.49. The molecule has 1 aromatic rings. The average Bonchev–Trinajstić information content (AvgIpc) is 2.31. The van der Waals surface area contributed by atoms with E-state index >= 15 is 0 Å². The van der Waals surface area contributed by atoms with Gasteiger partial charge in [-0.05, 0) is 13.8 Å². The van der Waals surface area contributed by atoms with E-state index in [1.165, 1.54) is 0 Å². The van der Waals surface area contributed by atoms with E-state index in [4.69, 9.17) is 10.5 Å². The number of methoxy groups -OCH3 is 1. The summed E-state index contributed by atoms with van der Waals surface area (Å²) in [5.74, 6) is 0.865. The number of nitrogens with zero attached hydrogens (tertiary/aromatic N) is 3. The van der Waals surface area contributed by atoms with Crippen LogP contribution in [0.2, 0.25) is 0 Å². The van der Waals surface area contributed by atoms with Crippen LogP contribution < -0.4 is 10.6 Å². The van der Waals surface area contributed by atoms with E-state index in [2.05, 4.69) is 28.7 Å². The molecule has 0 aliphatic rings. The third-order valence-electron chi connectivity index (χ3n) is 2.48. The fraction of sp³-hybridized carbons (Fsp3) is 0.636. The minimum absolute atomic E-state index is 0.285. The maximum Gasteiger partial charge on any atom is 0.147 e. The van der Waals surface area contributed by atoms with Crippen LogP contribution in [0.1, 0.15) is 19.5 Å². The minimum atomic E-state index is 0.285. The lowest BCUT2D eigenvalue weighted by molar-refractivity contribution is 0.181. The van der Waals surface area contributed by atoms with Gasteiger partial charge in [-0.3, -0.25) is 4.98 Å². The molecule has 1 atom stereocenters. The van der Waals surface area contributed by atoms with E-state index in [-0.39, 0.29) is 6.04 Å². The zero-order valence-electron chi connectivity index (χ0n) is 10.2. The van der Waals surface area contributed by atoms with Crippen molar-refractivity contribution in [1.29, 1.82) is 0 Å². The molecule has 0 aromatic carbocycles. The number of nitrogens with two attached hydrogens (primary N) is 1. The van der Waals surface area contributed by atoms with Crippen LogP contribution in [0.3, 0.4) is 0 Å². The molecule has 16 heavy (non-hydrogen) atoms. The van der Waals surface area contributed by atoms with Crippen LogP contribution in [-0.4, -0.2) is 36.3 Å². The van der Waals surface area contributed by atoms with Gasteiger partial charge in [0.1, 0.15) is 5.82 Å². The standard InChI is InChI=1S/C11H20N4O/c1-4-15(9(2)8-16-3)11-7-13-10(5-12)6-14-11/h6-7,9H,4-5,8,12H2,1-3H3. The van der Waals surface area contributed by atoms with Crippen LogP contribution in [0.4, 0.5) is 5.82 Å². The zero-order valence-corrected chi connectivity index (χ0v) is 10.2. The van der Waals surface area contributed by atoms with E-state index in [0.29, 0.717) is 13.2 Å². The normalized spacial score (nSPS) is 12.5. The third-order valence-corrected chi connectivity index (χ3v) is 2.48. The highest BCUT2D eigenvalue weighted by atomic mass is 16.5. The summed E-state index contributed by atoms with van der Waals surface area (Å²) in [5.41, 5.74) is 6.28. The second-order valence-electron chi connectivity index (χ2n) is 3.66. The number of likely N-dealkylation sites (N-methyl/N-ethyl adjacent to an activating group) is 1. The van der Waals surface area contributed by atoms with Gasteiger partial charge in [0.2, 0.25) is 0 Å². The molecule has 1 heterocycles. The molecule has 5 nitrogen and oxygen atoms in total. The van der Waals surface area contributed by atoms with Crippen molar-refractivity contribution in [2.24, 2.45) is 5.73 Å². The van der Waals surface area contributed by atoms with Crippen LogP contribution in [0.5, 0.6) is 0 Å². The van der Waals surface area contributed by atoms with Crippen LogP contribution >= 0.6 is 0 Å². The van der Waals surface area contributed by atoms with Gasteiger partial charge in [-0.15, -0.1) is 0 Å². The summed E-state index contributed by atoms with van der Waals surface area (Å²) in [7, 11) is 1.70. The van der Waals surface area contributed by atoms with Crippen molar-refractivity contribution in [2.45, 2.75) is 26.4 Å². The Hall–Kier alpha value is -1.20. The van der Waals surface area contributed by atoms with Gasteiger partial charge < -0.3 is 15.4 Å². The van der Waals surface area contributed by atoms with Gasteiger partial charge in [0.05, 0.1) is 30.7 Å². The van der Waals surface area contributed by atoms with Gasteiger partial charge in [-0.1, -0.05) is 0 Å². The van der Waals surface area contributed by atoms with Crippen LogP contribution in [0.25, 0.3) is 0 Å². The van der Waals surface area contributed by atoms with E-state index in [9.17, 15) is 0 Å². The molecule has 1 rings (SSSR count). The minimum Gasteiger partial charge on any atom is -0.383 e. The number of aromatic nitrogens is 2. The predicted molar refractivity (Wildman–Crippen MR) is 64.3 cm³/mol. The smallest absolute Gasteiger partial charge is 0.147 e. The number of rotatable bonds is 6. The summed E-state index contributed by atoms with van der Waals surface area (Å²) < 4.78 is 5.14. The van der Waals surface area contributed by atoms with Crippen LogP contribution in [0, 0.1) is 0 Å². The Morgan fingerprint density at radius 2 is 2.19 bits per heavy atom. The van der Waals surface area contributed by atoms with Gasteiger partial charge in [-0.2, -0.15) is 0 Å². The van der Waals surface area contributed by atoms with Crippen LogP contribution in [0.15, 0.2) is 12.4 Å². The van der Waals surface area contributed by atoms with Crippen molar-refractivity contribution in [3.05, 3.63) is 18.1 Å². The monoisotopic (exact) mass is 224 g/mol. The van der Waals surface area contributed by atoms with E-state index in [1.54, 1.807) is 19.5 Å². The largest absolute Gasteiger partial charge is 0.383 e. The number of hydrogen-bond donors (Lipinski definition) is 1. The van der Waals surface area contributed by atoms with Crippen molar-refractivity contribution in [3.63, 3.8) is 0 Å². The van der Waals surface area contributed by atoms with E-state index in [1.807, 2.05) is 0 Å². The highest BCUT2D eigenvalue weighted by molar-refractivity contribution is 5.36. The first kappa shape index (κ1) is 12.9. The highest BCUT2D eigenvalue weighted by Gasteiger charge is 2.13. The van der Waals surface area contributed by atoms with Gasteiger partial charge in [0.25, 0.3) is 0 Å². The Morgan fingerprint density at radius 3 is 2.62 bits per heavy atom. The second-order valence-corrected chi connectivity index (χ2v) is 3.66. The molecule has 0 spiro atoms. The topological polar surface area (TPSA) is 64.3 Å². The second kappa shape index (κ2) is 6.40. The molecule has 5 heteroatoms. The Bertz CT molecular complexity index is 301. The third kappa shape index (κ3) is 3.15. The fourth-order valence-corrected chi connectivity index (χ4v) is 1.63. The van der Waals surface area contributed by atoms with Crippen molar-refractivity contribution >= 4 is 5.82 Å². The lowest BCUT2D eigenvalue weighted by Crippen LogP contribution is -2.36. The Kier molecular flexibility index (Phi) is 5.14. The molecule has 0 fully saturated rings. The molecule has 90 valence electrons. The molecule has 0 saturated heterocycles. The zero-order chi connectivity index (χ0) is 12.0. The lowest BCUT2D eigenvalue weighted by atomic mass is 10.3. The maximum atomic E-state index is 5.48. The molecule has 2 N–H and O–H groups in total. The Labute approximate surface area is 96.6 Å².